The zero-order chi connectivity index (χ0) is 6.57. The van der Waals surface area contributed by atoms with Crippen LogP contribution in [0.4, 0.5) is 0 Å². The van der Waals surface area contributed by atoms with Gasteiger partial charge in [-0.3, -0.25) is 5.43 Å². The van der Waals surface area contributed by atoms with Gasteiger partial charge in [-0.05, 0) is 0 Å². The first kappa shape index (κ1) is 7.03. The fraction of sp³-hybridized carbons (Fsp3) is 0.667. The van der Waals surface area contributed by atoms with Crippen LogP contribution in [-0.2, 0) is 0 Å². The molecular formula is C3H11N5. The highest BCUT2D eigenvalue weighted by Gasteiger charge is 1.93. The van der Waals surface area contributed by atoms with Crippen molar-refractivity contribution in [3.05, 3.63) is 0 Å². The second-order valence-electron chi connectivity index (χ2n) is 1.49. The second kappa shape index (κ2) is 3.09. The van der Waals surface area contributed by atoms with Crippen LogP contribution >= 0.6 is 0 Å². The van der Waals surface area contributed by atoms with Crippen LogP contribution in [0.15, 0.2) is 5.10 Å². The maximum absolute atomic E-state index is 4.98. The number of nitrogens with two attached hydrogens (primary N) is 2. The third-order valence-electron chi connectivity index (χ3n) is 0.675. The van der Waals surface area contributed by atoms with E-state index in [0.29, 0.717) is 5.96 Å². The van der Waals surface area contributed by atoms with Crippen molar-refractivity contribution >= 4 is 5.96 Å². The van der Waals surface area contributed by atoms with Crippen LogP contribution in [0.3, 0.4) is 0 Å². The van der Waals surface area contributed by atoms with Crippen LogP contribution in [0.1, 0.15) is 0 Å². The van der Waals surface area contributed by atoms with Crippen molar-refractivity contribution in [1.82, 2.24) is 10.3 Å². The summed E-state index contributed by atoms with van der Waals surface area (Å²) >= 11 is 0. The zero-order valence-corrected chi connectivity index (χ0v) is 5.05. The number of hydrogen-bond donors (Lipinski definition) is 3. The molecule has 0 amide bonds. The Hall–Kier alpha value is -0.970. The van der Waals surface area contributed by atoms with Gasteiger partial charge in [0.2, 0.25) is 5.96 Å². The maximum atomic E-state index is 4.98. The van der Waals surface area contributed by atoms with Gasteiger partial charge in [-0.25, -0.2) is 5.84 Å². The summed E-state index contributed by atoms with van der Waals surface area (Å²) < 4.78 is 0. The molecule has 0 aromatic rings. The van der Waals surface area contributed by atoms with Crippen molar-refractivity contribution in [3.63, 3.8) is 0 Å². The van der Waals surface area contributed by atoms with Crippen LogP contribution in [0, 0.1) is 0 Å². The summed E-state index contributed by atoms with van der Waals surface area (Å²) in [7, 11) is 3.57. The Morgan fingerprint density at radius 1 is 1.62 bits per heavy atom. The molecule has 0 heterocycles. The Kier molecular flexibility index (Phi) is 2.71. The molecule has 0 rings (SSSR count). The van der Waals surface area contributed by atoms with Crippen molar-refractivity contribution in [3.8, 4) is 0 Å². The molecule has 0 aromatic heterocycles. The second-order valence-corrected chi connectivity index (χ2v) is 1.49. The molecule has 0 saturated carbocycles. The molecule has 0 aliphatic carbocycles. The van der Waals surface area contributed by atoms with E-state index in [4.69, 9.17) is 11.7 Å². The van der Waals surface area contributed by atoms with E-state index < -0.39 is 0 Å². The number of nitrogens with one attached hydrogen (secondary N) is 1. The molecule has 0 bridgehead atoms. The lowest BCUT2D eigenvalue weighted by atomic mass is 10.8. The van der Waals surface area contributed by atoms with E-state index in [2.05, 4.69) is 10.5 Å². The molecule has 0 fully saturated rings. The van der Waals surface area contributed by atoms with Crippen LogP contribution < -0.4 is 17.1 Å². The summed E-state index contributed by atoms with van der Waals surface area (Å²) in [6, 6.07) is 0. The minimum absolute atomic E-state index is 0.449. The Morgan fingerprint density at radius 3 is 2.12 bits per heavy atom. The van der Waals surface area contributed by atoms with Gasteiger partial charge in [0.05, 0.1) is 0 Å². The van der Waals surface area contributed by atoms with Gasteiger partial charge in [0.1, 0.15) is 0 Å². The highest BCUT2D eigenvalue weighted by Crippen LogP contribution is 1.70. The minimum Gasteiger partial charge on any atom is -0.347 e. The summed E-state index contributed by atoms with van der Waals surface area (Å²) in [6.07, 6.45) is 0. The van der Waals surface area contributed by atoms with E-state index in [1.54, 1.807) is 19.0 Å². The Bertz CT molecular complexity index is 85.7. The molecular weight excluding hydrogens is 106 g/mol. The number of nitrogens with zero attached hydrogens (tertiary/aromatic N) is 2. The summed E-state index contributed by atoms with van der Waals surface area (Å²) in [5.74, 6) is 10.3. The summed E-state index contributed by atoms with van der Waals surface area (Å²) in [5, 5.41) is 3.31. The Morgan fingerprint density at radius 2 is 2.12 bits per heavy atom. The summed E-state index contributed by atoms with van der Waals surface area (Å²) in [4.78, 5) is 1.67. The van der Waals surface area contributed by atoms with Crippen molar-refractivity contribution in [2.24, 2.45) is 16.8 Å². The van der Waals surface area contributed by atoms with Gasteiger partial charge in [0.25, 0.3) is 0 Å². The van der Waals surface area contributed by atoms with Gasteiger partial charge < -0.3 is 10.7 Å². The average molecular weight is 117 g/mol. The third kappa shape index (κ3) is 1.65. The number of hydrogen-bond acceptors (Lipinski definition) is 3. The minimum atomic E-state index is 0.449. The lowest BCUT2D eigenvalue weighted by molar-refractivity contribution is 0.585. The van der Waals surface area contributed by atoms with Crippen LogP contribution in [0.2, 0.25) is 0 Å². The molecule has 48 valence electrons. The van der Waals surface area contributed by atoms with Gasteiger partial charge in [0, 0.05) is 14.1 Å². The van der Waals surface area contributed by atoms with Gasteiger partial charge in [-0.2, -0.15) is 0 Å². The quantitative estimate of drug-likeness (QED) is 0.152. The molecule has 0 unspecified atom stereocenters. The predicted octanol–water partition coefficient (Wildman–Crippen LogP) is -1.76. The Balaban J connectivity index is 3.72. The third-order valence-corrected chi connectivity index (χ3v) is 0.675. The molecule has 0 spiro atoms. The fourth-order valence-corrected chi connectivity index (χ4v) is 0.282. The first-order valence-corrected chi connectivity index (χ1v) is 2.14. The molecule has 0 atom stereocenters. The Labute approximate surface area is 48.3 Å². The lowest BCUT2D eigenvalue weighted by Crippen LogP contribution is -2.41. The van der Waals surface area contributed by atoms with Gasteiger partial charge in [-0.1, -0.05) is 0 Å². The molecule has 5 heteroatoms. The van der Waals surface area contributed by atoms with Gasteiger partial charge in [0.15, 0.2) is 0 Å². The number of hydrazone groups is 1. The van der Waals surface area contributed by atoms with Crippen LogP contribution in [0.25, 0.3) is 0 Å². The highest BCUT2D eigenvalue weighted by atomic mass is 15.4. The monoisotopic (exact) mass is 117 g/mol. The van der Waals surface area contributed by atoms with E-state index in [9.17, 15) is 0 Å². The molecule has 0 aliphatic rings. The molecule has 0 radical (unpaired) electrons. The van der Waals surface area contributed by atoms with E-state index in [1.807, 2.05) is 0 Å². The zero-order valence-electron chi connectivity index (χ0n) is 5.05. The van der Waals surface area contributed by atoms with E-state index in [1.165, 1.54) is 0 Å². The van der Waals surface area contributed by atoms with Crippen LogP contribution in [-0.4, -0.2) is 25.0 Å². The standard InChI is InChI=1S/C3H11N5/c1-8(2)3(6-4)7-5/h4-5H2,1-2H3,(H,6,7). The number of rotatable bonds is 0. The average Bonchev–Trinajstić information content (AvgIpc) is 1.69. The SMILES string of the molecule is CN(C)C(=NN)NN. The summed E-state index contributed by atoms with van der Waals surface area (Å²) in [6.45, 7) is 0. The maximum Gasteiger partial charge on any atom is 0.229 e. The van der Waals surface area contributed by atoms with E-state index >= 15 is 0 Å². The predicted molar refractivity (Wildman–Crippen MR) is 32.6 cm³/mol. The molecule has 0 aliphatic heterocycles. The smallest absolute Gasteiger partial charge is 0.229 e. The van der Waals surface area contributed by atoms with Crippen LogP contribution in [0.5, 0.6) is 0 Å². The van der Waals surface area contributed by atoms with Crippen molar-refractivity contribution in [2.75, 3.05) is 14.1 Å². The molecule has 0 saturated heterocycles. The summed E-state index contributed by atoms with van der Waals surface area (Å²) in [5.41, 5.74) is 2.30. The highest BCUT2D eigenvalue weighted by molar-refractivity contribution is 5.78. The first-order valence-electron chi connectivity index (χ1n) is 2.14. The first-order chi connectivity index (χ1) is 3.72. The van der Waals surface area contributed by atoms with E-state index in [0.717, 1.165) is 0 Å². The van der Waals surface area contributed by atoms with Crippen molar-refractivity contribution < 1.29 is 0 Å². The van der Waals surface area contributed by atoms with Gasteiger partial charge in [-0.15, -0.1) is 5.10 Å². The molecule has 5 nitrogen and oxygen atoms in total. The molecule has 0 aromatic carbocycles. The van der Waals surface area contributed by atoms with E-state index in [-0.39, 0.29) is 0 Å². The van der Waals surface area contributed by atoms with Gasteiger partial charge >= 0.3 is 0 Å². The lowest BCUT2D eigenvalue weighted by Gasteiger charge is -2.11. The normalized spacial score (nSPS) is 11.1. The van der Waals surface area contributed by atoms with Crippen molar-refractivity contribution in [2.45, 2.75) is 0 Å². The largest absolute Gasteiger partial charge is 0.347 e. The topological polar surface area (TPSA) is 79.7 Å². The number of hydrazine groups is 1. The number of guanidine groups is 1. The molecule has 8 heavy (non-hydrogen) atoms. The fourth-order valence-electron chi connectivity index (χ4n) is 0.282. The molecule has 5 N–H and O–H groups in total. The van der Waals surface area contributed by atoms with Crippen molar-refractivity contribution in [1.29, 1.82) is 0 Å².